The van der Waals surface area contributed by atoms with Crippen molar-refractivity contribution in [3.63, 3.8) is 0 Å². The van der Waals surface area contributed by atoms with Crippen LogP contribution in [0.5, 0.6) is 0 Å². The van der Waals surface area contributed by atoms with Gasteiger partial charge in [-0.05, 0) is 42.7 Å². The smallest absolute Gasteiger partial charge is 0.237 e. The predicted octanol–water partition coefficient (Wildman–Crippen LogP) is 4.49. The number of para-hydroxylation sites is 1. The molecular formula is C24H28FN5O2S. The van der Waals surface area contributed by atoms with Gasteiger partial charge in [0.2, 0.25) is 11.9 Å². The number of carbonyl (C=O) groups excluding carboxylic acids is 1. The molecule has 0 saturated carbocycles. The van der Waals surface area contributed by atoms with Crippen LogP contribution in [0.15, 0.2) is 53.7 Å². The number of benzene rings is 2. The highest BCUT2D eigenvalue weighted by atomic mass is 32.2. The third-order valence-corrected chi connectivity index (χ3v) is 6.51. The molecule has 0 aliphatic carbocycles. The number of amides is 1. The Kier molecular flexibility index (Phi) is 7.29. The Morgan fingerprint density at radius 3 is 2.58 bits per heavy atom. The van der Waals surface area contributed by atoms with Crippen molar-refractivity contribution in [3.05, 3.63) is 59.9 Å². The van der Waals surface area contributed by atoms with Gasteiger partial charge in [-0.15, -0.1) is 10.2 Å². The van der Waals surface area contributed by atoms with E-state index in [-0.39, 0.29) is 17.6 Å². The predicted molar refractivity (Wildman–Crippen MR) is 129 cm³/mol. The Hall–Kier alpha value is -2.91. The second-order valence-corrected chi connectivity index (χ2v) is 9.50. The third kappa shape index (κ3) is 5.36. The summed E-state index contributed by atoms with van der Waals surface area (Å²) in [6.07, 6.45) is 0. The number of hydrogen-bond donors (Lipinski definition) is 1. The minimum atomic E-state index is -0.445. The van der Waals surface area contributed by atoms with Crippen molar-refractivity contribution in [2.45, 2.75) is 37.1 Å². The molecule has 0 spiro atoms. The molecule has 33 heavy (non-hydrogen) atoms. The Morgan fingerprint density at radius 1 is 1.09 bits per heavy atom. The second-order valence-electron chi connectivity index (χ2n) is 8.19. The van der Waals surface area contributed by atoms with E-state index in [0.717, 1.165) is 11.3 Å². The van der Waals surface area contributed by atoms with Crippen LogP contribution in [0, 0.1) is 5.82 Å². The van der Waals surface area contributed by atoms with Gasteiger partial charge in [0.1, 0.15) is 5.82 Å². The van der Waals surface area contributed by atoms with Crippen molar-refractivity contribution in [1.29, 1.82) is 0 Å². The first-order valence-corrected chi connectivity index (χ1v) is 11.9. The number of anilines is 2. The maximum Gasteiger partial charge on any atom is 0.237 e. The van der Waals surface area contributed by atoms with Gasteiger partial charge in [-0.1, -0.05) is 49.9 Å². The second kappa shape index (κ2) is 10.4. The minimum Gasteiger partial charge on any atom is -0.378 e. The van der Waals surface area contributed by atoms with E-state index in [0.29, 0.717) is 43.1 Å². The zero-order valence-corrected chi connectivity index (χ0v) is 19.8. The summed E-state index contributed by atoms with van der Waals surface area (Å²) in [5, 5.41) is 11.9. The van der Waals surface area contributed by atoms with Crippen molar-refractivity contribution >= 4 is 29.3 Å². The molecule has 1 atom stereocenters. The molecule has 2 heterocycles. The molecule has 7 nitrogen and oxygen atoms in total. The van der Waals surface area contributed by atoms with Crippen LogP contribution in [0.2, 0.25) is 0 Å². The Labute approximate surface area is 197 Å². The summed E-state index contributed by atoms with van der Waals surface area (Å²) < 4.78 is 21.3. The van der Waals surface area contributed by atoms with Crippen molar-refractivity contribution in [1.82, 2.24) is 14.8 Å². The lowest BCUT2D eigenvalue weighted by atomic mass is 10.0. The fourth-order valence-electron chi connectivity index (χ4n) is 3.71. The molecule has 0 bridgehead atoms. The van der Waals surface area contributed by atoms with E-state index in [1.165, 1.54) is 23.9 Å². The number of thioether (sulfide) groups is 1. The molecule has 1 aliphatic rings. The molecule has 4 rings (SSSR count). The molecule has 1 saturated heterocycles. The van der Waals surface area contributed by atoms with E-state index in [2.05, 4.69) is 34.3 Å². The fraction of sp³-hybridized carbons (Fsp3) is 0.375. The van der Waals surface area contributed by atoms with Crippen molar-refractivity contribution < 1.29 is 13.9 Å². The summed E-state index contributed by atoms with van der Waals surface area (Å²) in [4.78, 5) is 15.1. The highest BCUT2D eigenvalue weighted by Gasteiger charge is 2.25. The molecule has 1 fully saturated rings. The van der Waals surface area contributed by atoms with Gasteiger partial charge in [0.15, 0.2) is 5.16 Å². The summed E-state index contributed by atoms with van der Waals surface area (Å²) in [7, 11) is 0. The van der Waals surface area contributed by atoms with E-state index in [1.807, 2.05) is 41.8 Å². The first-order chi connectivity index (χ1) is 15.9. The zero-order chi connectivity index (χ0) is 23.4. The van der Waals surface area contributed by atoms with Crippen LogP contribution in [0.3, 0.4) is 0 Å². The monoisotopic (exact) mass is 469 g/mol. The number of aromatic nitrogens is 3. The molecule has 9 heteroatoms. The van der Waals surface area contributed by atoms with Crippen molar-refractivity contribution in [2.75, 3.05) is 36.5 Å². The van der Waals surface area contributed by atoms with Gasteiger partial charge >= 0.3 is 0 Å². The van der Waals surface area contributed by atoms with Gasteiger partial charge in [-0.3, -0.25) is 9.36 Å². The lowest BCUT2D eigenvalue weighted by molar-refractivity contribution is -0.115. The van der Waals surface area contributed by atoms with Crippen molar-refractivity contribution in [2.24, 2.45) is 0 Å². The largest absolute Gasteiger partial charge is 0.378 e. The lowest BCUT2D eigenvalue weighted by Gasteiger charge is -2.28. The molecule has 1 amide bonds. The van der Waals surface area contributed by atoms with Gasteiger partial charge < -0.3 is 15.0 Å². The molecule has 0 radical (unpaired) electrons. The molecule has 1 unspecified atom stereocenters. The summed E-state index contributed by atoms with van der Waals surface area (Å²) >= 11 is 1.29. The van der Waals surface area contributed by atoms with Crippen LogP contribution in [-0.4, -0.2) is 52.2 Å². The normalized spacial score (nSPS) is 15.0. The Balaban J connectivity index is 1.60. The highest BCUT2D eigenvalue weighted by Crippen LogP contribution is 2.31. The number of carbonyl (C=O) groups is 1. The topological polar surface area (TPSA) is 72.3 Å². The number of rotatable bonds is 7. The Morgan fingerprint density at radius 2 is 1.85 bits per heavy atom. The number of morpholine rings is 1. The van der Waals surface area contributed by atoms with Gasteiger partial charge in [0, 0.05) is 18.8 Å². The SMILES string of the molecule is CC(Sc1nnc(N2CCOCC2)n1-c1cccc(F)c1)C(=O)Nc1ccccc1C(C)C. The standard InChI is InChI=1S/C24H28FN5O2S/c1-16(2)20-9-4-5-10-21(20)26-22(31)17(3)33-24-28-27-23(29-11-13-32-14-12-29)30(24)19-8-6-7-18(25)15-19/h4-10,15-17H,11-14H2,1-3H3,(H,26,31). The van der Waals surface area contributed by atoms with E-state index in [1.54, 1.807) is 6.07 Å². The van der Waals surface area contributed by atoms with E-state index >= 15 is 0 Å². The van der Waals surface area contributed by atoms with Crippen LogP contribution >= 0.6 is 11.8 Å². The van der Waals surface area contributed by atoms with Gasteiger partial charge in [0.25, 0.3) is 0 Å². The molecule has 1 aliphatic heterocycles. The van der Waals surface area contributed by atoms with E-state index in [4.69, 9.17) is 4.74 Å². The van der Waals surface area contributed by atoms with Crippen LogP contribution in [0.25, 0.3) is 5.69 Å². The quantitative estimate of drug-likeness (QED) is 0.514. The summed E-state index contributed by atoms with van der Waals surface area (Å²) in [6, 6.07) is 14.1. The summed E-state index contributed by atoms with van der Waals surface area (Å²) in [5.74, 6) is 0.428. The highest BCUT2D eigenvalue weighted by molar-refractivity contribution is 8.00. The zero-order valence-electron chi connectivity index (χ0n) is 19.0. The van der Waals surface area contributed by atoms with Crippen molar-refractivity contribution in [3.8, 4) is 5.69 Å². The lowest BCUT2D eigenvalue weighted by Crippen LogP contribution is -2.38. The number of hydrogen-bond acceptors (Lipinski definition) is 6. The first kappa shape index (κ1) is 23.3. The molecule has 2 aromatic carbocycles. The van der Waals surface area contributed by atoms with Gasteiger partial charge in [0.05, 0.1) is 24.2 Å². The van der Waals surface area contributed by atoms with Gasteiger partial charge in [-0.2, -0.15) is 0 Å². The average molecular weight is 470 g/mol. The van der Waals surface area contributed by atoms with Crippen LogP contribution in [0.4, 0.5) is 16.0 Å². The first-order valence-electron chi connectivity index (χ1n) is 11.0. The number of halogens is 1. The van der Waals surface area contributed by atoms with E-state index in [9.17, 15) is 9.18 Å². The number of ether oxygens (including phenoxy) is 1. The van der Waals surface area contributed by atoms with Gasteiger partial charge in [-0.25, -0.2) is 4.39 Å². The Bertz CT molecular complexity index is 1110. The van der Waals surface area contributed by atoms with Crippen LogP contribution < -0.4 is 10.2 Å². The summed E-state index contributed by atoms with van der Waals surface area (Å²) in [6.45, 7) is 8.53. The molecule has 1 aromatic heterocycles. The molecule has 174 valence electrons. The number of nitrogens with one attached hydrogen (secondary N) is 1. The van der Waals surface area contributed by atoms with E-state index < -0.39 is 5.25 Å². The molecular weight excluding hydrogens is 441 g/mol. The third-order valence-electron chi connectivity index (χ3n) is 5.47. The van der Waals surface area contributed by atoms with Crippen LogP contribution in [0.1, 0.15) is 32.3 Å². The maximum absolute atomic E-state index is 14.0. The van der Waals surface area contributed by atoms with Crippen LogP contribution in [-0.2, 0) is 9.53 Å². The molecule has 3 aromatic rings. The summed E-state index contributed by atoms with van der Waals surface area (Å²) in [5.41, 5.74) is 2.51. The maximum atomic E-state index is 14.0. The average Bonchev–Trinajstić information content (AvgIpc) is 3.23. The number of nitrogens with zero attached hydrogens (tertiary/aromatic N) is 4. The minimum absolute atomic E-state index is 0.130. The fourth-order valence-corrected chi connectivity index (χ4v) is 4.57. The molecule has 1 N–H and O–H groups in total.